The van der Waals surface area contributed by atoms with E-state index in [2.05, 4.69) is 15.9 Å². The molecule has 1 rings (SSSR count). The molecule has 0 spiro atoms. The van der Waals surface area contributed by atoms with Crippen molar-refractivity contribution in [2.45, 2.75) is 6.18 Å². The summed E-state index contributed by atoms with van der Waals surface area (Å²) in [6.07, 6.45) is -4.40. The van der Waals surface area contributed by atoms with Gasteiger partial charge < -0.3 is 11.5 Å². The highest BCUT2D eigenvalue weighted by atomic mass is 79.9. The van der Waals surface area contributed by atoms with Crippen LogP contribution in [0, 0.1) is 0 Å². The Hall–Kier alpha value is -0.620. The highest BCUT2D eigenvalue weighted by Gasteiger charge is 2.31. The molecule has 0 aliphatic rings. The van der Waals surface area contributed by atoms with Crippen LogP contribution in [0.25, 0.3) is 0 Å². The Morgan fingerprint density at radius 3 is 2.00 bits per heavy atom. The van der Waals surface area contributed by atoms with Crippen LogP contribution in [0.5, 0.6) is 0 Å². The molecule has 0 atom stereocenters. The van der Waals surface area contributed by atoms with E-state index in [0.29, 0.717) is 0 Å². The third-order valence-corrected chi connectivity index (χ3v) is 2.14. The number of hydrogen-bond acceptors (Lipinski definition) is 2. The van der Waals surface area contributed by atoms with Gasteiger partial charge in [-0.15, -0.1) is 12.4 Å². The molecular weight excluding hydrogens is 284 g/mol. The van der Waals surface area contributed by atoms with Gasteiger partial charge in [0.05, 0.1) is 16.9 Å². The van der Waals surface area contributed by atoms with Crippen LogP contribution in [0.1, 0.15) is 5.56 Å². The third kappa shape index (κ3) is 2.68. The fraction of sp³-hybridized carbons (Fsp3) is 0.143. The van der Waals surface area contributed by atoms with Crippen molar-refractivity contribution in [1.29, 1.82) is 0 Å². The summed E-state index contributed by atoms with van der Waals surface area (Å²) < 4.78 is 36.6. The molecule has 0 heterocycles. The zero-order valence-electron chi connectivity index (χ0n) is 6.73. The van der Waals surface area contributed by atoms with E-state index in [1.165, 1.54) is 0 Å². The first kappa shape index (κ1) is 13.4. The number of nitrogen functional groups attached to an aromatic ring is 2. The van der Waals surface area contributed by atoms with E-state index in [4.69, 9.17) is 11.5 Å². The van der Waals surface area contributed by atoms with Gasteiger partial charge in [0.25, 0.3) is 0 Å². The smallest absolute Gasteiger partial charge is 0.397 e. The zero-order valence-corrected chi connectivity index (χ0v) is 9.13. The number of halogens is 5. The standard InChI is InChI=1S/C7H6BrF3N2.ClH/c8-4-1-3(7(9,10)11)2-5(12)6(4)13;/h1-2H,12-13H2;1H. The fourth-order valence-electron chi connectivity index (χ4n) is 0.803. The van der Waals surface area contributed by atoms with Gasteiger partial charge in [0.2, 0.25) is 0 Å². The lowest BCUT2D eigenvalue weighted by Gasteiger charge is -2.10. The second-order valence-corrected chi connectivity index (χ2v) is 3.31. The molecule has 14 heavy (non-hydrogen) atoms. The molecule has 0 fully saturated rings. The maximum Gasteiger partial charge on any atom is 0.416 e. The lowest BCUT2D eigenvalue weighted by molar-refractivity contribution is -0.137. The molecule has 1 aromatic rings. The summed E-state index contributed by atoms with van der Waals surface area (Å²) in [5.41, 5.74) is 9.84. The van der Waals surface area contributed by atoms with Crippen LogP contribution in [0.15, 0.2) is 16.6 Å². The van der Waals surface area contributed by atoms with Crippen LogP contribution < -0.4 is 11.5 Å². The summed E-state index contributed by atoms with van der Waals surface area (Å²) in [5, 5.41) is 0. The molecule has 0 radical (unpaired) electrons. The average molecular weight is 291 g/mol. The van der Waals surface area contributed by atoms with Crippen LogP contribution in [0.2, 0.25) is 0 Å². The van der Waals surface area contributed by atoms with Gasteiger partial charge in [-0.05, 0) is 28.1 Å². The van der Waals surface area contributed by atoms with Crippen LogP contribution in [-0.4, -0.2) is 0 Å². The number of alkyl halides is 3. The molecule has 4 N–H and O–H groups in total. The Balaban J connectivity index is 0.00000169. The Morgan fingerprint density at radius 2 is 1.64 bits per heavy atom. The van der Waals surface area contributed by atoms with Crippen molar-refractivity contribution < 1.29 is 13.2 Å². The van der Waals surface area contributed by atoms with Crippen molar-refractivity contribution in [3.05, 3.63) is 22.2 Å². The van der Waals surface area contributed by atoms with Gasteiger partial charge in [-0.25, -0.2) is 0 Å². The number of benzene rings is 1. The second-order valence-electron chi connectivity index (χ2n) is 2.46. The van der Waals surface area contributed by atoms with Gasteiger partial charge in [0.1, 0.15) is 0 Å². The Labute approximate surface area is 93.0 Å². The van der Waals surface area contributed by atoms with E-state index in [1.807, 2.05) is 0 Å². The Bertz CT molecular complexity index is 317. The first-order valence-electron chi connectivity index (χ1n) is 3.24. The van der Waals surface area contributed by atoms with Crippen LogP contribution in [0.3, 0.4) is 0 Å². The predicted molar refractivity (Wildman–Crippen MR) is 55.2 cm³/mol. The minimum absolute atomic E-state index is 0. The SMILES string of the molecule is Cl.Nc1cc(C(F)(F)F)cc(Br)c1N. The first-order chi connectivity index (χ1) is 5.82. The van der Waals surface area contributed by atoms with Crippen molar-refractivity contribution >= 4 is 39.7 Å². The molecule has 0 unspecified atom stereocenters. The fourth-order valence-corrected chi connectivity index (χ4v) is 1.28. The highest BCUT2D eigenvalue weighted by molar-refractivity contribution is 9.10. The van der Waals surface area contributed by atoms with Crippen LogP contribution in [0.4, 0.5) is 24.5 Å². The zero-order chi connectivity index (χ0) is 10.2. The minimum Gasteiger partial charge on any atom is -0.397 e. The van der Waals surface area contributed by atoms with E-state index in [9.17, 15) is 13.2 Å². The van der Waals surface area contributed by atoms with Crippen molar-refractivity contribution in [3.8, 4) is 0 Å². The number of rotatable bonds is 0. The van der Waals surface area contributed by atoms with E-state index in [1.54, 1.807) is 0 Å². The summed E-state index contributed by atoms with van der Waals surface area (Å²) in [4.78, 5) is 0. The summed E-state index contributed by atoms with van der Waals surface area (Å²) in [6, 6.07) is 1.70. The molecule has 0 aliphatic heterocycles. The number of hydrogen-bond donors (Lipinski definition) is 2. The summed E-state index contributed by atoms with van der Waals surface area (Å²) >= 11 is 2.88. The number of anilines is 2. The largest absolute Gasteiger partial charge is 0.416 e. The van der Waals surface area contributed by atoms with E-state index in [0.717, 1.165) is 12.1 Å². The van der Waals surface area contributed by atoms with Gasteiger partial charge in [-0.2, -0.15) is 13.2 Å². The lowest BCUT2D eigenvalue weighted by atomic mass is 10.2. The van der Waals surface area contributed by atoms with Crippen molar-refractivity contribution in [2.24, 2.45) is 0 Å². The van der Waals surface area contributed by atoms with Gasteiger partial charge in [-0.1, -0.05) is 0 Å². The first-order valence-corrected chi connectivity index (χ1v) is 4.03. The predicted octanol–water partition coefficient (Wildman–Crippen LogP) is 3.05. The van der Waals surface area contributed by atoms with Gasteiger partial charge in [0.15, 0.2) is 0 Å². The van der Waals surface area contributed by atoms with E-state index >= 15 is 0 Å². The maximum absolute atomic E-state index is 12.2. The molecule has 0 amide bonds. The minimum atomic E-state index is -4.40. The van der Waals surface area contributed by atoms with Crippen molar-refractivity contribution in [1.82, 2.24) is 0 Å². The molecule has 2 nitrogen and oxygen atoms in total. The summed E-state index contributed by atoms with van der Waals surface area (Å²) in [5.74, 6) is 0. The number of nitrogens with two attached hydrogens (primary N) is 2. The maximum atomic E-state index is 12.2. The molecule has 0 aliphatic carbocycles. The van der Waals surface area contributed by atoms with E-state index in [-0.39, 0.29) is 28.3 Å². The van der Waals surface area contributed by atoms with Crippen molar-refractivity contribution in [3.63, 3.8) is 0 Å². The molecule has 0 saturated heterocycles. The van der Waals surface area contributed by atoms with Gasteiger partial charge in [-0.3, -0.25) is 0 Å². The molecule has 0 saturated carbocycles. The lowest BCUT2D eigenvalue weighted by Crippen LogP contribution is -2.07. The summed E-state index contributed by atoms with van der Waals surface area (Å²) in [6.45, 7) is 0. The third-order valence-electron chi connectivity index (χ3n) is 1.49. The Morgan fingerprint density at radius 1 is 1.14 bits per heavy atom. The highest BCUT2D eigenvalue weighted by Crippen LogP contribution is 2.36. The monoisotopic (exact) mass is 290 g/mol. The van der Waals surface area contributed by atoms with E-state index < -0.39 is 11.7 Å². The molecule has 7 heteroatoms. The molecule has 0 bridgehead atoms. The molecule has 80 valence electrons. The van der Waals surface area contributed by atoms with Gasteiger partial charge >= 0.3 is 6.18 Å². The van der Waals surface area contributed by atoms with Gasteiger partial charge in [0, 0.05) is 4.47 Å². The Kier molecular flexibility index (Phi) is 4.08. The van der Waals surface area contributed by atoms with Crippen molar-refractivity contribution in [2.75, 3.05) is 11.5 Å². The quantitative estimate of drug-likeness (QED) is 0.722. The second kappa shape index (κ2) is 4.27. The normalized spacial score (nSPS) is 10.9. The summed E-state index contributed by atoms with van der Waals surface area (Å²) in [7, 11) is 0. The molecular formula is C7H7BrClF3N2. The van der Waals surface area contributed by atoms with Crippen LogP contribution in [-0.2, 0) is 6.18 Å². The molecule has 1 aromatic carbocycles. The van der Waals surface area contributed by atoms with Crippen LogP contribution >= 0.6 is 28.3 Å². The average Bonchev–Trinajstić information content (AvgIpc) is 1.97. The molecule has 0 aromatic heterocycles. The topological polar surface area (TPSA) is 52.0 Å².